The van der Waals surface area contributed by atoms with Crippen molar-refractivity contribution in [2.45, 2.75) is 57.7 Å². The maximum atomic E-state index is 13.7. The molecule has 0 aliphatic carbocycles. The van der Waals surface area contributed by atoms with E-state index in [0.29, 0.717) is 24.1 Å². The molecular weight excluding hydrogens is 552 g/mol. The van der Waals surface area contributed by atoms with E-state index in [-0.39, 0.29) is 30.1 Å². The second kappa shape index (κ2) is 15.9. The first kappa shape index (κ1) is 32.6. The van der Waals surface area contributed by atoms with E-state index < -0.39 is 41.8 Å². The summed E-state index contributed by atoms with van der Waals surface area (Å²) in [7, 11) is 0. The van der Waals surface area contributed by atoms with Crippen LogP contribution in [0.15, 0.2) is 72.8 Å². The van der Waals surface area contributed by atoms with Crippen molar-refractivity contribution in [1.82, 2.24) is 21.3 Å². The van der Waals surface area contributed by atoms with Gasteiger partial charge in [0.15, 0.2) is 0 Å². The van der Waals surface area contributed by atoms with Gasteiger partial charge in [0.05, 0.1) is 6.04 Å². The van der Waals surface area contributed by atoms with Crippen LogP contribution in [0.5, 0.6) is 17.2 Å². The third-order valence-corrected chi connectivity index (χ3v) is 6.65. The number of imide groups is 1. The Morgan fingerprint density at radius 2 is 0.930 bits per heavy atom. The molecule has 0 aliphatic rings. The summed E-state index contributed by atoms with van der Waals surface area (Å²) in [4.78, 5) is 51.8. The minimum atomic E-state index is -1.16. The normalized spacial score (nSPS) is 12.9. The Morgan fingerprint density at radius 1 is 0.581 bits per heavy atom. The lowest BCUT2D eigenvalue weighted by Crippen LogP contribution is -2.58. The number of rotatable bonds is 14. The fraction of sp³-hybridized carbons (Fsp3) is 0.312. The summed E-state index contributed by atoms with van der Waals surface area (Å²) in [5.74, 6) is -2.23. The Labute approximate surface area is 250 Å². The summed E-state index contributed by atoms with van der Waals surface area (Å²) >= 11 is 0. The molecule has 0 unspecified atom stereocenters. The first-order valence-electron chi connectivity index (χ1n) is 14.0. The van der Waals surface area contributed by atoms with Gasteiger partial charge in [0, 0.05) is 19.8 Å². The molecule has 0 bridgehead atoms. The molecule has 0 spiro atoms. The number of phenols is 3. The molecule has 11 nitrogen and oxygen atoms in total. The number of carbonyl (C=O) groups excluding carboxylic acids is 4. The average molecular weight is 591 g/mol. The number of hydrogen-bond acceptors (Lipinski definition) is 8. The van der Waals surface area contributed by atoms with E-state index in [2.05, 4.69) is 21.3 Å². The van der Waals surface area contributed by atoms with Gasteiger partial charge < -0.3 is 31.3 Å². The van der Waals surface area contributed by atoms with Crippen molar-refractivity contribution >= 4 is 23.6 Å². The largest absolute Gasteiger partial charge is 0.508 e. The van der Waals surface area contributed by atoms with Gasteiger partial charge in [0.2, 0.25) is 23.6 Å². The highest BCUT2D eigenvalue weighted by Crippen LogP contribution is 2.15. The minimum absolute atomic E-state index is 0.0204. The Bertz CT molecular complexity index is 1380. The molecule has 3 rings (SSSR count). The molecular formula is C32H38N4O7. The van der Waals surface area contributed by atoms with Crippen LogP contribution < -0.4 is 21.3 Å². The van der Waals surface area contributed by atoms with Crippen LogP contribution >= 0.6 is 0 Å². The van der Waals surface area contributed by atoms with Gasteiger partial charge in [0.25, 0.3) is 0 Å². The summed E-state index contributed by atoms with van der Waals surface area (Å²) < 4.78 is 0. The number of amides is 4. The van der Waals surface area contributed by atoms with E-state index in [1.807, 2.05) is 6.92 Å². The zero-order chi connectivity index (χ0) is 31.4. The van der Waals surface area contributed by atoms with Crippen molar-refractivity contribution < 1.29 is 34.5 Å². The first-order chi connectivity index (χ1) is 20.5. The van der Waals surface area contributed by atoms with E-state index >= 15 is 0 Å². The maximum absolute atomic E-state index is 13.7. The molecule has 0 saturated carbocycles. The van der Waals surface area contributed by atoms with Gasteiger partial charge >= 0.3 is 0 Å². The number of carbonyl (C=O) groups is 4. The lowest BCUT2D eigenvalue weighted by Gasteiger charge is -2.25. The van der Waals surface area contributed by atoms with E-state index in [4.69, 9.17) is 0 Å². The van der Waals surface area contributed by atoms with Crippen molar-refractivity contribution in [3.63, 3.8) is 0 Å². The summed E-state index contributed by atoms with van der Waals surface area (Å²) in [5, 5.41) is 39.9. The standard InChI is InChI=1S/C32H38N4O7/c1-3-16-33-27(17-21-4-10-24(38)11-5-21)30(41)35-29(19-23-8-14-26(40)15-9-23)32(43)36-28(31(42)34-20(2)37)18-22-6-12-25(39)13-7-22/h4-15,27-29,33,38-40H,3,16-19H2,1-2H3,(H,35,41)(H,36,43)(H,34,37,42)/t27-,28-,29-/m0/s1. The molecule has 11 heteroatoms. The fourth-order valence-corrected chi connectivity index (χ4v) is 4.40. The van der Waals surface area contributed by atoms with Gasteiger partial charge in [-0.2, -0.15) is 0 Å². The van der Waals surface area contributed by atoms with Gasteiger partial charge in [-0.1, -0.05) is 43.3 Å². The summed E-state index contributed by atoms with van der Waals surface area (Å²) in [5.41, 5.74) is 2.08. The molecule has 3 atom stereocenters. The average Bonchev–Trinajstić information content (AvgIpc) is 2.97. The smallest absolute Gasteiger partial charge is 0.249 e. The molecule has 4 amide bonds. The Balaban J connectivity index is 1.86. The number of aromatic hydroxyl groups is 3. The third-order valence-electron chi connectivity index (χ3n) is 6.65. The summed E-state index contributed by atoms with van der Waals surface area (Å²) in [6.07, 6.45) is 1.13. The number of benzene rings is 3. The molecule has 0 radical (unpaired) electrons. The van der Waals surface area contributed by atoms with Gasteiger partial charge in [-0.15, -0.1) is 0 Å². The highest BCUT2D eigenvalue weighted by Gasteiger charge is 2.30. The Kier molecular flexibility index (Phi) is 12.1. The maximum Gasteiger partial charge on any atom is 0.249 e. The van der Waals surface area contributed by atoms with Crippen LogP contribution in [0.2, 0.25) is 0 Å². The van der Waals surface area contributed by atoms with Crippen LogP contribution in [0.1, 0.15) is 37.0 Å². The summed E-state index contributed by atoms with van der Waals surface area (Å²) in [6, 6.07) is 15.8. The Morgan fingerprint density at radius 3 is 1.30 bits per heavy atom. The van der Waals surface area contributed by atoms with Crippen LogP contribution in [0.3, 0.4) is 0 Å². The van der Waals surface area contributed by atoms with Gasteiger partial charge in [-0.05, 0) is 72.5 Å². The monoisotopic (exact) mass is 590 g/mol. The molecule has 3 aromatic carbocycles. The quantitative estimate of drug-likeness (QED) is 0.149. The van der Waals surface area contributed by atoms with Crippen molar-refractivity contribution in [1.29, 1.82) is 0 Å². The van der Waals surface area contributed by atoms with Crippen LogP contribution in [-0.4, -0.2) is 63.6 Å². The Hall–Kier alpha value is -4.90. The molecule has 0 aromatic heterocycles. The highest BCUT2D eigenvalue weighted by molar-refractivity contribution is 5.99. The van der Waals surface area contributed by atoms with Crippen LogP contribution in [0, 0.1) is 0 Å². The molecule has 7 N–H and O–H groups in total. The molecule has 3 aromatic rings. The van der Waals surface area contributed by atoms with Gasteiger partial charge in [0.1, 0.15) is 29.3 Å². The summed E-state index contributed by atoms with van der Waals surface area (Å²) in [6.45, 7) is 3.69. The predicted molar refractivity (Wildman–Crippen MR) is 160 cm³/mol. The van der Waals surface area contributed by atoms with E-state index in [1.165, 1.54) is 43.3 Å². The van der Waals surface area contributed by atoms with Gasteiger partial charge in [-0.3, -0.25) is 24.5 Å². The van der Waals surface area contributed by atoms with Crippen molar-refractivity contribution in [3.8, 4) is 17.2 Å². The molecule has 0 fully saturated rings. The zero-order valence-corrected chi connectivity index (χ0v) is 24.2. The zero-order valence-electron chi connectivity index (χ0n) is 24.2. The second-order valence-corrected chi connectivity index (χ2v) is 10.3. The first-order valence-corrected chi connectivity index (χ1v) is 14.0. The minimum Gasteiger partial charge on any atom is -0.508 e. The van der Waals surface area contributed by atoms with Crippen molar-refractivity contribution in [2.75, 3.05) is 6.54 Å². The second-order valence-electron chi connectivity index (χ2n) is 10.3. The topological polar surface area (TPSA) is 177 Å². The lowest BCUT2D eigenvalue weighted by molar-refractivity contribution is -0.134. The van der Waals surface area contributed by atoms with Crippen molar-refractivity contribution in [2.24, 2.45) is 0 Å². The number of nitrogens with one attached hydrogen (secondary N) is 4. The fourth-order valence-electron chi connectivity index (χ4n) is 4.40. The lowest BCUT2D eigenvalue weighted by atomic mass is 10.0. The molecule has 43 heavy (non-hydrogen) atoms. The van der Waals surface area contributed by atoms with Crippen LogP contribution in [0.25, 0.3) is 0 Å². The van der Waals surface area contributed by atoms with Gasteiger partial charge in [-0.25, -0.2) is 0 Å². The van der Waals surface area contributed by atoms with Crippen LogP contribution in [-0.2, 0) is 38.4 Å². The number of hydrogen-bond donors (Lipinski definition) is 7. The molecule has 0 saturated heterocycles. The van der Waals surface area contributed by atoms with E-state index in [0.717, 1.165) is 12.0 Å². The molecule has 228 valence electrons. The number of phenolic OH excluding ortho intramolecular Hbond substituents is 3. The van der Waals surface area contributed by atoms with E-state index in [9.17, 15) is 34.5 Å². The third kappa shape index (κ3) is 10.8. The molecule has 0 heterocycles. The van der Waals surface area contributed by atoms with Crippen molar-refractivity contribution in [3.05, 3.63) is 89.5 Å². The molecule has 0 aliphatic heterocycles. The van der Waals surface area contributed by atoms with E-state index in [1.54, 1.807) is 36.4 Å². The SMILES string of the molecule is CCCN[C@@H](Cc1ccc(O)cc1)C(=O)N[C@@H](Cc1ccc(O)cc1)C(=O)N[C@@H](Cc1ccc(O)cc1)C(=O)NC(C)=O. The predicted octanol–water partition coefficient (Wildman–Crippen LogP) is 1.83. The highest BCUT2D eigenvalue weighted by atomic mass is 16.3. The van der Waals surface area contributed by atoms with Crippen LogP contribution in [0.4, 0.5) is 0 Å².